The topological polar surface area (TPSA) is 80.7 Å². The standard InChI is InChI=1S/C18H21ClN4O2S/c1-12(24)23(16-4-2-3-14(19)9-16)18-21-15(11-26-18)10-22-7-5-13(6-8-22)17(20)25/h2-4,9,11,13H,5-8,10H2,1H3,(H2,20,25)/p+1. The van der Waals surface area contributed by atoms with Gasteiger partial charge in [0.1, 0.15) is 12.2 Å². The third-order valence-electron chi connectivity index (χ3n) is 4.64. The van der Waals surface area contributed by atoms with E-state index in [0.29, 0.717) is 15.8 Å². The zero-order chi connectivity index (χ0) is 18.7. The first-order valence-corrected chi connectivity index (χ1v) is 9.83. The molecule has 138 valence electrons. The summed E-state index contributed by atoms with van der Waals surface area (Å²) in [6.45, 7) is 4.11. The first-order valence-electron chi connectivity index (χ1n) is 8.57. The largest absolute Gasteiger partial charge is 0.369 e. The van der Waals surface area contributed by atoms with Gasteiger partial charge < -0.3 is 10.6 Å². The molecule has 3 rings (SSSR count). The van der Waals surface area contributed by atoms with Crippen molar-refractivity contribution in [1.82, 2.24) is 4.98 Å². The first-order chi connectivity index (χ1) is 12.4. The van der Waals surface area contributed by atoms with Gasteiger partial charge in [0.05, 0.1) is 18.8 Å². The maximum absolute atomic E-state index is 12.2. The molecule has 0 radical (unpaired) electrons. The van der Waals surface area contributed by atoms with E-state index in [4.69, 9.17) is 17.3 Å². The van der Waals surface area contributed by atoms with Gasteiger partial charge in [-0.25, -0.2) is 4.98 Å². The van der Waals surface area contributed by atoms with Crippen LogP contribution in [0.1, 0.15) is 25.5 Å². The number of carbonyl (C=O) groups is 2. The molecule has 0 unspecified atom stereocenters. The van der Waals surface area contributed by atoms with E-state index in [2.05, 4.69) is 4.98 Å². The number of primary amides is 1. The number of nitrogens with two attached hydrogens (primary N) is 1. The quantitative estimate of drug-likeness (QED) is 0.812. The van der Waals surface area contributed by atoms with Gasteiger partial charge in [0.15, 0.2) is 5.13 Å². The van der Waals surface area contributed by atoms with Crippen LogP contribution in [0.4, 0.5) is 10.8 Å². The predicted molar refractivity (Wildman–Crippen MR) is 103 cm³/mol. The number of hydrogen-bond acceptors (Lipinski definition) is 4. The summed E-state index contributed by atoms with van der Waals surface area (Å²) in [6.07, 6.45) is 1.65. The van der Waals surface area contributed by atoms with E-state index in [-0.39, 0.29) is 17.7 Å². The lowest BCUT2D eigenvalue weighted by atomic mass is 9.96. The molecule has 1 aromatic heterocycles. The zero-order valence-corrected chi connectivity index (χ0v) is 16.1. The fraction of sp³-hybridized carbons (Fsp3) is 0.389. The Bertz CT molecular complexity index is 802. The third kappa shape index (κ3) is 4.41. The minimum atomic E-state index is -0.196. The van der Waals surface area contributed by atoms with Crippen LogP contribution in [0.3, 0.4) is 0 Å². The van der Waals surface area contributed by atoms with Gasteiger partial charge in [0, 0.05) is 36.1 Å². The summed E-state index contributed by atoms with van der Waals surface area (Å²) in [6, 6.07) is 7.18. The van der Waals surface area contributed by atoms with Gasteiger partial charge in [0.2, 0.25) is 11.8 Å². The Labute approximate surface area is 161 Å². The molecule has 26 heavy (non-hydrogen) atoms. The molecule has 1 saturated heterocycles. The average Bonchev–Trinajstić information content (AvgIpc) is 3.03. The molecular formula is C18H22ClN4O2S+. The highest BCUT2D eigenvalue weighted by Gasteiger charge is 2.27. The normalized spacial score (nSPS) is 19.9. The van der Waals surface area contributed by atoms with E-state index in [0.717, 1.165) is 38.2 Å². The Kier molecular flexibility index (Phi) is 5.90. The smallest absolute Gasteiger partial charge is 0.230 e. The molecule has 2 heterocycles. The minimum absolute atomic E-state index is 0.000721. The fourth-order valence-electron chi connectivity index (χ4n) is 3.27. The van der Waals surface area contributed by atoms with E-state index in [1.807, 2.05) is 17.5 Å². The second kappa shape index (κ2) is 8.16. The van der Waals surface area contributed by atoms with Crippen molar-refractivity contribution < 1.29 is 14.5 Å². The number of thiazole rings is 1. The number of halogens is 1. The molecule has 8 heteroatoms. The maximum atomic E-state index is 12.2. The number of hydrogen-bond donors (Lipinski definition) is 2. The molecule has 2 amide bonds. The molecule has 0 aliphatic carbocycles. The fourth-order valence-corrected chi connectivity index (χ4v) is 4.34. The summed E-state index contributed by atoms with van der Waals surface area (Å²) in [5, 5.41) is 3.21. The third-order valence-corrected chi connectivity index (χ3v) is 5.75. The number of likely N-dealkylation sites (tertiary alicyclic amines) is 1. The number of nitrogens with zero attached hydrogens (tertiary/aromatic N) is 2. The van der Waals surface area contributed by atoms with Crippen LogP contribution in [-0.4, -0.2) is 29.9 Å². The lowest BCUT2D eigenvalue weighted by Gasteiger charge is -2.27. The number of nitrogens with one attached hydrogen (secondary N) is 1. The molecule has 1 aromatic carbocycles. The van der Waals surface area contributed by atoms with Crippen LogP contribution >= 0.6 is 22.9 Å². The molecule has 1 fully saturated rings. The number of carbonyl (C=O) groups excluding carboxylic acids is 2. The molecule has 0 atom stereocenters. The number of benzene rings is 1. The summed E-state index contributed by atoms with van der Waals surface area (Å²) in [7, 11) is 0. The first kappa shape index (κ1) is 18.8. The highest BCUT2D eigenvalue weighted by molar-refractivity contribution is 7.14. The summed E-state index contributed by atoms with van der Waals surface area (Å²) >= 11 is 7.50. The second-order valence-corrected chi connectivity index (χ2v) is 7.83. The van der Waals surface area contributed by atoms with E-state index in [1.54, 1.807) is 17.0 Å². The Hall–Kier alpha value is -1.96. The van der Waals surface area contributed by atoms with Gasteiger partial charge in [-0.05, 0) is 18.2 Å². The van der Waals surface area contributed by atoms with E-state index in [1.165, 1.54) is 23.2 Å². The lowest BCUT2D eigenvalue weighted by molar-refractivity contribution is -0.919. The number of anilines is 2. The number of rotatable bonds is 5. The van der Waals surface area contributed by atoms with Gasteiger partial charge in [-0.15, -0.1) is 11.3 Å². The monoisotopic (exact) mass is 393 g/mol. The van der Waals surface area contributed by atoms with Crippen molar-refractivity contribution in [3.63, 3.8) is 0 Å². The Morgan fingerprint density at radius 1 is 1.38 bits per heavy atom. The van der Waals surface area contributed by atoms with E-state index >= 15 is 0 Å². The highest BCUT2D eigenvalue weighted by Crippen LogP contribution is 2.30. The Morgan fingerprint density at radius 2 is 2.12 bits per heavy atom. The van der Waals surface area contributed by atoms with Crippen LogP contribution in [0.25, 0.3) is 0 Å². The van der Waals surface area contributed by atoms with E-state index < -0.39 is 0 Å². The SMILES string of the molecule is CC(=O)N(c1cccc(Cl)c1)c1nc(C[NH+]2CCC(C(N)=O)CC2)cs1. The van der Waals surface area contributed by atoms with Crippen LogP contribution in [-0.2, 0) is 16.1 Å². The van der Waals surface area contributed by atoms with Crippen molar-refractivity contribution >= 4 is 45.6 Å². The van der Waals surface area contributed by atoms with Crippen LogP contribution in [0.2, 0.25) is 5.02 Å². The Balaban J connectivity index is 1.70. The van der Waals surface area contributed by atoms with Crippen molar-refractivity contribution in [3.8, 4) is 0 Å². The molecule has 0 saturated carbocycles. The number of piperidine rings is 1. The van der Waals surface area contributed by atoms with Crippen molar-refractivity contribution in [2.75, 3.05) is 18.0 Å². The molecule has 3 N–H and O–H groups in total. The molecular weight excluding hydrogens is 372 g/mol. The predicted octanol–water partition coefficient (Wildman–Crippen LogP) is 1.76. The van der Waals surface area contributed by atoms with Crippen LogP contribution in [0, 0.1) is 5.92 Å². The molecule has 6 nitrogen and oxygen atoms in total. The number of aromatic nitrogens is 1. The number of amides is 2. The van der Waals surface area contributed by atoms with Crippen LogP contribution in [0.5, 0.6) is 0 Å². The van der Waals surface area contributed by atoms with Crippen molar-refractivity contribution in [3.05, 3.63) is 40.4 Å². The summed E-state index contributed by atoms with van der Waals surface area (Å²) < 4.78 is 0. The van der Waals surface area contributed by atoms with Crippen LogP contribution in [0.15, 0.2) is 29.6 Å². The summed E-state index contributed by atoms with van der Waals surface area (Å²) in [5.74, 6) is -0.304. The summed E-state index contributed by atoms with van der Waals surface area (Å²) in [5.41, 5.74) is 7.05. The van der Waals surface area contributed by atoms with Crippen LogP contribution < -0.4 is 15.5 Å². The van der Waals surface area contributed by atoms with Crippen molar-refractivity contribution in [1.29, 1.82) is 0 Å². The van der Waals surface area contributed by atoms with Gasteiger partial charge in [-0.3, -0.25) is 14.5 Å². The maximum Gasteiger partial charge on any atom is 0.230 e. The second-order valence-electron chi connectivity index (χ2n) is 6.56. The van der Waals surface area contributed by atoms with Gasteiger partial charge in [-0.1, -0.05) is 17.7 Å². The van der Waals surface area contributed by atoms with Gasteiger partial charge >= 0.3 is 0 Å². The van der Waals surface area contributed by atoms with Crippen molar-refractivity contribution in [2.24, 2.45) is 11.7 Å². The molecule has 1 aliphatic rings. The zero-order valence-electron chi connectivity index (χ0n) is 14.6. The van der Waals surface area contributed by atoms with Gasteiger partial charge in [-0.2, -0.15) is 0 Å². The average molecular weight is 394 g/mol. The Morgan fingerprint density at radius 3 is 2.73 bits per heavy atom. The summed E-state index contributed by atoms with van der Waals surface area (Å²) in [4.78, 5) is 31.0. The highest BCUT2D eigenvalue weighted by atomic mass is 35.5. The van der Waals surface area contributed by atoms with Gasteiger partial charge in [0.25, 0.3) is 0 Å². The minimum Gasteiger partial charge on any atom is -0.369 e. The molecule has 0 bridgehead atoms. The van der Waals surface area contributed by atoms with E-state index in [9.17, 15) is 9.59 Å². The van der Waals surface area contributed by atoms with Crippen molar-refractivity contribution in [2.45, 2.75) is 26.3 Å². The lowest BCUT2D eigenvalue weighted by Crippen LogP contribution is -3.11. The molecule has 1 aliphatic heterocycles. The number of quaternary nitrogens is 1. The molecule has 2 aromatic rings. The molecule has 0 spiro atoms.